The summed E-state index contributed by atoms with van der Waals surface area (Å²) in [7, 11) is 0. The van der Waals surface area contributed by atoms with Crippen molar-refractivity contribution in [2.45, 2.75) is 19.8 Å². The highest BCUT2D eigenvalue weighted by Gasteiger charge is 2.08. The summed E-state index contributed by atoms with van der Waals surface area (Å²) >= 11 is 0. The van der Waals surface area contributed by atoms with Crippen LogP contribution in [0.2, 0.25) is 0 Å². The second kappa shape index (κ2) is 5.27. The van der Waals surface area contributed by atoms with Crippen molar-refractivity contribution in [3.05, 3.63) is 82.4 Å². The molecule has 19 heavy (non-hydrogen) atoms. The van der Waals surface area contributed by atoms with Gasteiger partial charge in [0.15, 0.2) is 0 Å². The molecule has 0 saturated heterocycles. The van der Waals surface area contributed by atoms with Gasteiger partial charge in [-0.2, -0.15) is 0 Å². The molecule has 0 unspecified atom stereocenters. The van der Waals surface area contributed by atoms with E-state index in [9.17, 15) is 0 Å². The fourth-order valence-electron chi connectivity index (χ4n) is 2.53. The molecule has 2 aromatic carbocycles. The minimum Gasteiger partial charge on any atom is -0.0622 e. The predicted octanol–water partition coefficient (Wildman–Crippen LogP) is 5.04. The summed E-state index contributed by atoms with van der Waals surface area (Å²) in [6.45, 7) is 2.15. The van der Waals surface area contributed by atoms with E-state index in [1.807, 2.05) is 0 Å². The zero-order valence-corrected chi connectivity index (χ0v) is 11.3. The van der Waals surface area contributed by atoms with Gasteiger partial charge >= 0.3 is 0 Å². The third-order valence-corrected chi connectivity index (χ3v) is 3.61. The molecule has 0 saturated carbocycles. The zero-order chi connectivity index (χ0) is 13.1. The Labute approximate surface area is 115 Å². The molecule has 0 heteroatoms. The molecule has 0 aromatic heterocycles. The molecule has 0 N–H and O–H groups in total. The average molecular weight is 246 g/mol. The van der Waals surface area contributed by atoms with Crippen molar-refractivity contribution in [2.24, 2.45) is 0 Å². The number of aryl methyl sites for hydroxylation is 2. The van der Waals surface area contributed by atoms with Gasteiger partial charge in [-0.1, -0.05) is 72.3 Å². The van der Waals surface area contributed by atoms with Gasteiger partial charge in [0.25, 0.3) is 0 Å². The van der Waals surface area contributed by atoms with Gasteiger partial charge in [0.05, 0.1) is 0 Å². The Morgan fingerprint density at radius 2 is 1.74 bits per heavy atom. The third-order valence-electron chi connectivity index (χ3n) is 3.61. The lowest BCUT2D eigenvalue weighted by Gasteiger charge is -2.14. The number of rotatable bonds is 2. The molecule has 0 nitrogen and oxygen atoms in total. The molecule has 0 bridgehead atoms. The van der Waals surface area contributed by atoms with Gasteiger partial charge in [0, 0.05) is 0 Å². The van der Waals surface area contributed by atoms with E-state index in [0.717, 1.165) is 12.8 Å². The molecule has 1 aliphatic rings. The van der Waals surface area contributed by atoms with E-state index in [1.165, 1.54) is 27.8 Å². The zero-order valence-electron chi connectivity index (χ0n) is 11.3. The molecular formula is C19H18. The van der Waals surface area contributed by atoms with Gasteiger partial charge in [0.1, 0.15) is 0 Å². The van der Waals surface area contributed by atoms with Crippen LogP contribution >= 0.6 is 0 Å². The van der Waals surface area contributed by atoms with Gasteiger partial charge < -0.3 is 0 Å². The van der Waals surface area contributed by atoms with Crippen LogP contribution in [-0.2, 0) is 6.42 Å². The van der Waals surface area contributed by atoms with Crippen LogP contribution in [0, 0.1) is 6.92 Å². The summed E-state index contributed by atoms with van der Waals surface area (Å²) in [5, 5.41) is 0. The van der Waals surface area contributed by atoms with E-state index < -0.39 is 0 Å². The summed E-state index contributed by atoms with van der Waals surface area (Å²) in [6, 6.07) is 17.2. The molecule has 3 rings (SSSR count). The minimum atomic E-state index is 1.14. The van der Waals surface area contributed by atoms with E-state index in [0.29, 0.717) is 0 Å². The minimum absolute atomic E-state index is 1.14. The second-order valence-corrected chi connectivity index (χ2v) is 5.17. The topological polar surface area (TPSA) is 0 Å². The van der Waals surface area contributed by atoms with Crippen molar-refractivity contribution in [1.29, 1.82) is 0 Å². The second-order valence-electron chi connectivity index (χ2n) is 5.17. The number of allylic oxidation sites excluding steroid dienone is 2. The molecule has 94 valence electrons. The van der Waals surface area contributed by atoms with Crippen molar-refractivity contribution in [3.8, 4) is 0 Å². The van der Waals surface area contributed by atoms with Crippen molar-refractivity contribution in [2.75, 3.05) is 0 Å². The first-order valence-corrected chi connectivity index (χ1v) is 6.84. The van der Waals surface area contributed by atoms with Crippen LogP contribution < -0.4 is 0 Å². The fraction of sp³-hybridized carbons (Fsp3) is 0.158. The van der Waals surface area contributed by atoms with Crippen molar-refractivity contribution < 1.29 is 0 Å². The van der Waals surface area contributed by atoms with Crippen molar-refractivity contribution >= 4 is 12.2 Å². The first-order chi connectivity index (χ1) is 9.31. The van der Waals surface area contributed by atoms with Crippen LogP contribution in [0.3, 0.4) is 0 Å². The van der Waals surface area contributed by atoms with Crippen molar-refractivity contribution in [1.82, 2.24) is 0 Å². The number of hydrogen-bond donors (Lipinski definition) is 0. The summed E-state index contributed by atoms with van der Waals surface area (Å²) in [4.78, 5) is 0. The maximum absolute atomic E-state index is 2.32. The quantitative estimate of drug-likeness (QED) is 0.696. The predicted molar refractivity (Wildman–Crippen MR) is 83.0 cm³/mol. The monoisotopic (exact) mass is 246 g/mol. The Bertz CT molecular complexity index is 630. The van der Waals surface area contributed by atoms with Gasteiger partial charge in [-0.05, 0) is 42.0 Å². The molecule has 0 heterocycles. The molecule has 0 aliphatic heterocycles. The van der Waals surface area contributed by atoms with Crippen molar-refractivity contribution in [3.63, 3.8) is 0 Å². The summed E-state index contributed by atoms with van der Waals surface area (Å²) in [6.07, 6.45) is 9.07. The van der Waals surface area contributed by atoms with E-state index in [-0.39, 0.29) is 0 Å². The molecular weight excluding hydrogens is 228 g/mol. The van der Waals surface area contributed by atoms with Crippen LogP contribution in [0.25, 0.3) is 12.2 Å². The third kappa shape index (κ3) is 2.85. The van der Waals surface area contributed by atoms with Gasteiger partial charge in [0.2, 0.25) is 0 Å². The van der Waals surface area contributed by atoms with Crippen LogP contribution in [0.15, 0.2) is 60.2 Å². The highest BCUT2D eigenvalue weighted by atomic mass is 14.1. The van der Waals surface area contributed by atoms with E-state index in [2.05, 4.69) is 73.7 Å². The fourth-order valence-corrected chi connectivity index (χ4v) is 2.53. The number of fused-ring (bicyclic) bond motifs is 1. The Balaban J connectivity index is 1.85. The van der Waals surface area contributed by atoms with E-state index >= 15 is 0 Å². The van der Waals surface area contributed by atoms with Crippen LogP contribution in [0.1, 0.15) is 28.7 Å². The molecule has 0 amide bonds. The van der Waals surface area contributed by atoms with E-state index in [1.54, 1.807) is 0 Å². The summed E-state index contributed by atoms with van der Waals surface area (Å²) in [5.74, 6) is 0. The molecule has 1 aliphatic carbocycles. The average Bonchev–Trinajstić information content (AvgIpc) is 2.46. The Morgan fingerprint density at radius 1 is 0.895 bits per heavy atom. The van der Waals surface area contributed by atoms with Crippen LogP contribution in [0.5, 0.6) is 0 Å². The Kier molecular flexibility index (Phi) is 3.33. The molecule has 2 aromatic rings. The first kappa shape index (κ1) is 12.0. The molecule has 0 atom stereocenters. The van der Waals surface area contributed by atoms with Gasteiger partial charge in [-0.3, -0.25) is 0 Å². The van der Waals surface area contributed by atoms with E-state index in [4.69, 9.17) is 0 Å². The lowest BCUT2D eigenvalue weighted by Crippen LogP contribution is -1.98. The lowest BCUT2D eigenvalue weighted by molar-refractivity contribution is 0.950. The Morgan fingerprint density at radius 3 is 2.58 bits per heavy atom. The SMILES string of the molecule is Cc1ccc2c(c1)C=C(/C=C/c1ccccc1)CC2. The first-order valence-electron chi connectivity index (χ1n) is 6.84. The largest absolute Gasteiger partial charge is 0.0622 e. The van der Waals surface area contributed by atoms with Gasteiger partial charge in [-0.25, -0.2) is 0 Å². The summed E-state index contributed by atoms with van der Waals surface area (Å²) in [5.41, 5.74) is 6.88. The summed E-state index contributed by atoms with van der Waals surface area (Å²) < 4.78 is 0. The maximum atomic E-state index is 2.32. The molecule has 0 fully saturated rings. The van der Waals surface area contributed by atoms with Crippen LogP contribution in [-0.4, -0.2) is 0 Å². The maximum Gasteiger partial charge on any atom is -0.0219 e. The number of hydrogen-bond acceptors (Lipinski definition) is 0. The highest BCUT2D eigenvalue weighted by Crippen LogP contribution is 2.25. The lowest BCUT2D eigenvalue weighted by atomic mass is 9.91. The number of benzene rings is 2. The van der Waals surface area contributed by atoms with Gasteiger partial charge in [-0.15, -0.1) is 0 Å². The Hall–Kier alpha value is -2.08. The standard InChI is InChI=1S/C19H18/c1-15-7-11-18-12-10-17(14-19(18)13-15)9-8-16-5-3-2-4-6-16/h2-9,11,13-14H,10,12H2,1H3/b9-8+. The highest BCUT2D eigenvalue weighted by molar-refractivity contribution is 5.65. The smallest absolute Gasteiger partial charge is 0.0219 e. The molecule has 0 radical (unpaired) electrons. The normalized spacial score (nSPS) is 14.3. The van der Waals surface area contributed by atoms with Crippen LogP contribution in [0.4, 0.5) is 0 Å². The molecule has 0 spiro atoms.